The van der Waals surface area contributed by atoms with Crippen LogP contribution in [0.4, 0.5) is 9.39 Å². The lowest BCUT2D eigenvalue weighted by Crippen LogP contribution is -1.89. The Morgan fingerprint density at radius 2 is 2.29 bits per heavy atom. The molecule has 86 valence electrons. The molecule has 1 heterocycles. The summed E-state index contributed by atoms with van der Waals surface area (Å²) in [7, 11) is 0. The molecule has 2 rings (SSSR count). The zero-order chi connectivity index (χ0) is 12.4. The van der Waals surface area contributed by atoms with E-state index >= 15 is 0 Å². The van der Waals surface area contributed by atoms with Gasteiger partial charge in [0.15, 0.2) is 0 Å². The van der Waals surface area contributed by atoms with Crippen LogP contribution in [-0.4, -0.2) is 4.98 Å². The minimum Gasteiger partial charge on any atom is -0.389 e. The van der Waals surface area contributed by atoms with E-state index in [2.05, 4.69) is 4.98 Å². The maximum absolute atomic E-state index is 13.2. The number of rotatable bonds is 2. The number of aryl methyl sites for hydroxylation is 1. The summed E-state index contributed by atoms with van der Waals surface area (Å²) in [4.78, 5) is 4.37. The summed E-state index contributed by atoms with van der Waals surface area (Å²) in [5.74, 6) is -0.527. The van der Waals surface area contributed by atoms with Gasteiger partial charge in [-0.2, -0.15) is 5.26 Å². The lowest BCUT2D eigenvalue weighted by atomic mass is 10.1. The molecule has 0 saturated carbocycles. The largest absolute Gasteiger partial charge is 0.389 e. The van der Waals surface area contributed by atoms with Crippen LogP contribution in [0.2, 0.25) is 0 Å². The van der Waals surface area contributed by atoms with Crippen molar-refractivity contribution >= 4 is 16.3 Å². The molecule has 0 aliphatic carbocycles. The number of anilines is 1. The van der Waals surface area contributed by atoms with Gasteiger partial charge in [0.05, 0.1) is 10.6 Å². The van der Waals surface area contributed by atoms with E-state index in [4.69, 9.17) is 11.0 Å². The number of nitriles is 1. The summed E-state index contributed by atoms with van der Waals surface area (Å²) < 4.78 is 13.2. The highest BCUT2D eigenvalue weighted by Crippen LogP contribution is 2.31. The molecular weight excluding hydrogens is 237 g/mol. The lowest BCUT2D eigenvalue weighted by molar-refractivity contribution is 0.624. The van der Waals surface area contributed by atoms with Gasteiger partial charge >= 0.3 is 0 Å². The maximum Gasteiger partial charge on any atom is 0.140 e. The van der Waals surface area contributed by atoms with Gasteiger partial charge in [-0.1, -0.05) is 6.92 Å². The van der Waals surface area contributed by atoms with Crippen LogP contribution in [0.1, 0.15) is 17.5 Å². The molecule has 0 fully saturated rings. The number of hydrogen-bond acceptors (Lipinski definition) is 4. The number of halogens is 1. The van der Waals surface area contributed by atoms with E-state index in [-0.39, 0.29) is 5.56 Å². The summed E-state index contributed by atoms with van der Waals surface area (Å²) in [6.07, 6.45) is 0.807. The molecule has 5 heteroatoms. The van der Waals surface area contributed by atoms with E-state index in [0.29, 0.717) is 16.3 Å². The highest BCUT2D eigenvalue weighted by atomic mass is 32.1. The highest BCUT2D eigenvalue weighted by molar-refractivity contribution is 7.16. The topological polar surface area (TPSA) is 62.7 Å². The first kappa shape index (κ1) is 11.6. The summed E-state index contributed by atoms with van der Waals surface area (Å²) in [5.41, 5.74) is 7.17. The van der Waals surface area contributed by atoms with Crippen LogP contribution in [0.25, 0.3) is 11.3 Å². The van der Waals surface area contributed by atoms with E-state index in [1.165, 1.54) is 23.5 Å². The molecule has 0 bridgehead atoms. The number of hydrogen-bond donors (Lipinski definition) is 1. The Hall–Kier alpha value is -1.93. The molecule has 2 N–H and O–H groups in total. The van der Waals surface area contributed by atoms with Gasteiger partial charge in [-0.05, 0) is 24.6 Å². The number of thiazole rings is 1. The van der Waals surface area contributed by atoms with Gasteiger partial charge in [-0.15, -0.1) is 11.3 Å². The Bertz CT molecular complexity index is 598. The van der Waals surface area contributed by atoms with E-state index in [1.807, 2.05) is 6.92 Å². The zero-order valence-electron chi connectivity index (χ0n) is 9.20. The molecule has 1 aromatic heterocycles. The van der Waals surface area contributed by atoms with Gasteiger partial charge < -0.3 is 5.73 Å². The van der Waals surface area contributed by atoms with Crippen LogP contribution < -0.4 is 5.73 Å². The Morgan fingerprint density at radius 1 is 1.53 bits per heavy atom. The fourth-order valence-electron chi connectivity index (χ4n) is 1.49. The number of aromatic nitrogens is 1. The van der Waals surface area contributed by atoms with Crippen LogP contribution in [0.5, 0.6) is 0 Å². The third-order valence-corrected chi connectivity index (χ3v) is 3.39. The molecule has 2 aromatic rings. The minimum absolute atomic E-state index is 0.00736. The van der Waals surface area contributed by atoms with Crippen molar-refractivity contribution in [1.29, 1.82) is 5.26 Å². The normalized spacial score (nSPS) is 10.2. The van der Waals surface area contributed by atoms with Crippen LogP contribution in [0.3, 0.4) is 0 Å². The first-order valence-electron chi connectivity index (χ1n) is 5.11. The van der Waals surface area contributed by atoms with Gasteiger partial charge in [-0.25, -0.2) is 9.37 Å². The second kappa shape index (κ2) is 4.52. The van der Waals surface area contributed by atoms with E-state index in [0.717, 1.165) is 11.4 Å². The predicted octanol–water partition coefficient (Wildman–Crippen LogP) is 2.97. The third kappa shape index (κ3) is 2.12. The molecule has 0 aliphatic rings. The second-order valence-electron chi connectivity index (χ2n) is 3.48. The van der Waals surface area contributed by atoms with Crippen molar-refractivity contribution in [2.45, 2.75) is 13.3 Å². The summed E-state index contributed by atoms with van der Waals surface area (Å²) in [6, 6.07) is 6.12. The highest BCUT2D eigenvalue weighted by Gasteiger charge is 2.11. The number of nitrogens with two attached hydrogens (primary N) is 1. The van der Waals surface area contributed by atoms with Gasteiger partial charge in [0.1, 0.15) is 22.6 Å². The standard InChI is InChI=1S/C12H10FN3S/c1-2-10-16-11(12(15)17-10)7-3-4-9(13)8(5-7)6-14/h3-5H,2,15H2,1H3. The minimum atomic E-state index is -0.527. The van der Waals surface area contributed by atoms with Gasteiger partial charge in [-0.3, -0.25) is 0 Å². The summed E-state index contributed by atoms with van der Waals surface area (Å²) >= 11 is 1.42. The maximum atomic E-state index is 13.2. The van der Waals surface area contributed by atoms with Crippen LogP contribution in [0.15, 0.2) is 18.2 Å². The molecule has 0 amide bonds. The zero-order valence-corrected chi connectivity index (χ0v) is 10.0. The van der Waals surface area contributed by atoms with Crippen molar-refractivity contribution in [2.24, 2.45) is 0 Å². The van der Waals surface area contributed by atoms with Crippen LogP contribution in [-0.2, 0) is 6.42 Å². The fourth-order valence-corrected chi connectivity index (χ4v) is 2.29. The van der Waals surface area contributed by atoms with Crippen LogP contribution in [0, 0.1) is 17.1 Å². The molecule has 0 saturated heterocycles. The SMILES string of the molecule is CCc1nc(-c2ccc(F)c(C#N)c2)c(N)s1. The molecule has 1 aromatic carbocycles. The van der Waals surface area contributed by atoms with Crippen LogP contribution >= 0.6 is 11.3 Å². The fraction of sp³-hybridized carbons (Fsp3) is 0.167. The van der Waals surface area contributed by atoms with Gasteiger partial charge in [0.25, 0.3) is 0 Å². The first-order valence-corrected chi connectivity index (χ1v) is 5.92. The predicted molar refractivity (Wildman–Crippen MR) is 66.0 cm³/mol. The Kier molecular flexibility index (Phi) is 3.07. The molecule has 0 radical (unpaired) electrons. The Morgan fingerprint density at radius 3 is 2.88 bits per heavy atom. The van der Waals surface area contributed by atoms with Crippen molar-refractivity contribution in [2.75, 3.05) is 5.73 Å². The summed E-state index contributed by atoms with van der Waals surface area (Å²) in [5, 5.41) is 10.3. The monoisotopic (exact) mass is 247 g/mol. The average Bonchev–Trinajstić information content (AvgIpc) is 2.71. The van der Waals surface area contributed by atoms with Crippen molar-refractivity contribution in [3.05, 3.63) is 34.6 Å². The molecular formula is C12H10FN3S. The van der Waals surface area contributed by atoms with Crippen molar-refractivity contribution in [3.8, 4) is 17.3 Å². The van der Waals surface area contributed by atoms with Crippen molar-refractivity contribution in [3.63, 3.8) is 0 Å². The first-order chi connectivity index (χ1) is 8.15. The van der Waals surface area contributed by atoms with E-state index in [9.17, 15) is 4.39 Å². The van der Waals surface area contributed by atoms with Gasteiger partial charge in [0, 0.05) is 5.56 Å². The number of benzene rings is 1. The Labute approximate surface area is 102 Å². The second-order valence-corrected chi connectivity index (χ2v) is 4.60. The summed E-state index contributed by atoms with van der Waals surface area (Å²) in [6.45, 7) is 1.99. The third-order valence-electron chi connectivity index (χ3n) is 2.36. The quantitative estimate of drug-likeness (QED) is 0.887. The average molecular weight is 247 g/mol. The smallest absolute Gasteiger partial charge is 0.140 e. The van der Waals surface area contributed by atoms with Crippen molar-refractivity contribution < 1.29 is 4.39 Å². The van der Waals surface area contributed by atoms with E-state index in [1.54, 1.807) is 12.1 Å². The molecule has 3 nitrogen and oxygen atoms in total. The molecule has 0 spiro atoms. The number of nitrogens with zero attached hydrogens (tertiary/aromatic N) is 2. The van der Waals surface area contributed by atoms with E-state index < -0.39 is 5.82 Å². The Balaban J connectivity index is 2.53. The molecule has 0 unspecified atom stereocenters. The van der Waals surface area contributed by atoms with Crippen molar-refractivity contribution in [1.82, 2.24) is 4.98 Å². The molecule has 0 atom stereocenters. The lowest BCUT2D eigenvalue weighted by Gasteiger charge is -2.00. The molecule has 17 heavy (non-hydrogen) atoms. The molecule has 0 aliphatic heterocycles. The van der Waals surface area contributed by atoms with Gasteiger partial charge in [0.2, 0.25) is 0 Å². The number of nitrogen functional groups attached to an aromatic ring is 1.